The Kier molecular flexibility index (Phi) is 4.93. The smallest absolute Gasteiger partial charge is 0.0782 e. The van der Waals surface area contributed by atoms with Gasteiger partial charge in [0.05, 0.1) is 11.2 Å². The summed E-state index contributed by atoms with van der Waals surface area (Å²) in [5.74, 6) is 0. The Balaban J connectivity index is 4.25. The second kappa shape index (κ2) is 4.97. The predicted molar refractivity (Wildman–Crippen MR) is 58.1 cm³/mol. The molecule has 0 saturated carbocycles. The van der Waals surface area contributed by atoms with Gasteiger partial charge in [0.2, 0.25) is 0 Å². The Hall–Kier alpha value is -0.0800. The SMILES string of the molecule is CCC(C)(C)OC(C)(CC)CNC. The van der Waals surface area contributed by atoms with Crippen LogP contribution in [0.25, 0.3) is 0 Å². The molecule has 2 heteroatoms. The molecule has 0 saturated heterocycles. The summed E-state index contributed by atoms with van der Waals surface area (Å²) in [5.41, 5.74) is -0.0458. The van der Waals surface area contributed by atoms with Gasteiger partial charge in [0.1, 0.15) is 0 Å². The molecule has 0 aromatic rings. The molecular formula is C11H25NO. The maximum absolute atomic E-state index is 6.10. The van der Waals surface area contributed by atoms with Crippen LogP contribution in [-0.2, 0) is 4.74 Å². The summed E-state index contributed by atoms with van der Waals surface area (Å²) in [6.45, 7) is 11.7. The molecule has 0 aliphatic heterocycles. The van der Waals surface area contributed by atoms with Crippen molar-refractivity contribution < 1.29 is 4.74 Å². The monoisotopic (exact) mass is 187 g/mol. The van der Waals surface area contributed by atoms with Gasteiger partial charge in [0.15, 0.2) is 0 Å². The van der Waals surface area contributed by atoms with Crippen LogP contribution in [0.4, 0.5) is 0 Å². The second-order valence-electron chi connectivity index (χ2n) is 4.55. The van der Waals surface area contributed by atoms with Crippen LogP contribution in [0.2, 0.25) is 0 Å². The molecular weight excluding hydrogens is 162 g/mol. The maximum Gasteiger partial charge on any atom is 0.0782 e. The summed E-state index contributed by atoms with van der Waals surface area (Å²) in [6.07, 6.45) is 2.09. The number of nitrogens with one attached hydrogen (secondary N) is 1. The van der Waals surface area contributed by atoms with E-state index < -0.39 is 0 Å². The Labute approximate surface area is 83.1 Å². The molecule has 0 aliphatic rings. The molecule has 0 radical (unpaired) electrons. The fourth-order valence-electron chi connectivity index (χ4n) is 1.35. The molecule has 0 heterocycles. The van der Waals surface area contributed by atoms with E-state index >= 15 is 0 Å². The summed E-state index contributed by atoms with van der Waals surface area (Å²) in [6, 6.07) is 0. The minimum absolute atomic E-state index is 0.0123. The van der Waals surface area contributed by atoms with Gasteiger partial charge >= 0.3 is 0 Å². The van der Waals surface area contributed by atoms with Gasteiger partial charge in [-0.15, -0.1) is 0 Å². The van der Waals surface area contributed by atoms with Crippen molar-refractivity contribution in [1.29, 1.82) is 0 Å². The lowest BCUT2D eigenvalue weighted by Crippen LogP contribution is -2.44. The third-order valence-corrected chi connectivity index (χ3v) is 2.67. The molecule has 1 unspecified atom stereocenters. The van der Waals surface area contributed by atoms with Crippen molar-refractivity contribution in [2.45, 2.75) is 58.7 Å². The third kappa shape index (κ3) is 4.63. The van der Waals surface area contributed by atoms with E-state index in [1.807, 2.05) is 7.05 Å². The highest BCUT2D eigenvalue weighted by Crippen LogP contribution is 2.25. The van der Waals surface area contributed by atoms with E-state index in [0.29, 0.717) is 0 Å². The van der Waals surface area contributed by atoms with Crippen molar-refractivity contribution in [3.8, 4) is 0 Å². The number of hydrogen-bond acceptors (Lipinski definition) is 2. The van der Waals surface area contributed by atoms with Gasteiger partial charge in [-0.3, -0.25) is 0 Å². The van der Waals surface area contributed by atoms with E-state index in [2.05, 4.69) is 39.9 Å². The number of hydrogen-bond donors (Lipinski definition) is 1. The fourth-order valence-corrected chi connectivity index (χ4v) is 1.35. The fraction of sp³-hybridized carbons (Fsp3) is 1.00. The standard InChI is InChI=1S/C11H25NO/c1-7-10(3,4)13-11(5,8-2)9-12-6/h12H,7-9H2,1-6H3. The highest BCUT2D eigenvalue weighted by atomic mass is 16.5. The van der Waals surface area contributed by atoms with Crippen molar-refractivity contribution in [2.75, 3.05) is 13.6 Å². The van der Waals surface area contributed by atoms with E-state index in [-0.39, 0.29) is 11.2 Å². The van der Waals surface area contributed by atoms with Crippen molar-refractivity contribution in [3.05, 3.63) is 0 Å². The van der Waals surface area contributed by atoms with E-state index in [4.69, 9.17) is 4.74 Å². The largest absolute Gasteiger partial charge is 0.368 e. The first-order chi connectivity index (χ1) is 5.89. The first-order valence-electron chi connectivity index (χ1n) is 5.24. The van der Waals surface area contributed by atoms with Crippen LogP contribution >= 0.6 is 0 Å². The zero-order chi connectivity index (χ0) is 10.5. The number of ether oxygens (including phenoxy) is 1. The van der Waals surface area contributed by atoms with Gasteiger partial charge in [0.25, 0.3) is 0 Å². The third-order valence-electron chi connectivity index (χ3n) is 2.67. The molecule has 0 fully saturated rings. The van der Waals surface area contributed by atoms with Gasteiger partial charge < -0.3 is 10.1 Å². The predicted octanol–water partition coefficient (Wildman–Crippen LogP) is 2.58. The van der Waals surface area contributed by atoms with Crippen LogP contribution in [0.3, 0.4) is 0 Å². The van der Waals surface area contributed by atoms with Crippen molar-refractivity contribution in [1.82, 2.24) is 5.32 Å². The molecule has 1 N–H and O–H groups in total. The summed E-state index contributed by atoms with van der Waals surface area (Å²) < 4.78 is 6.10. The molecule has 2 nitrogen and oxygen atoms in total. The summed E-state index contributed by atoms with van der Waals surface area (Å²) >= 11 is 0. The van der Waals surface area contributed by atoms with E-state index in [1.54, 1.807) is 0 Å². The molecule has 0 spiro atoms. The summed E-state index contributed by atoms with van der Waals surface area (Å²) in [7, 11) is 1.97. The van der Waals surface area contributed by atoms with Crippen LogP contribution < -0.4 is 5.32 Å². The van der Waals surface area contributed by atoms with E-state index in [1.165, 1.54) is 0 Å². The molecule has 1 atom stereocenters. The van der Waals surface area contributed by atoms with Gasteiger partial charge in [-0.2, -0.15) is 0 Å². The minimum Gasteiger partial charge on any atom is -0.368 e. The zero-order valence-electron chi connectivity index (χ0n) is 10.0. The number of rotatable bonds is 6. The normalized spacial score (nSPS) is 17.1. The zero-order valence-corrected chi connectivity index (χ0v) is 10.0. The van der Waals surface area contributed by atoms with Gasteiger partial charge in [-0.25, -0.2) is 0 Å². The molecule has 0 aliphatic carbocycles. The lowest BCUT2D eigenvalue weighted by Gasteiger charge is -2.37. The summed E-state index contributed by atoms with van der Waals surface area (Å²) in [4.78, 5) is 0. The van der Waals surface area contributed by atoms with Crippen LogP contribution in [-0.4, -0.2) is 24.8 Å². The lowest BCUT2D eigenvalue weighted by molar-refractivity contribution is -0.132. The Morgan fingerprint density at radius 2 is 1.62 bits per heavy atom. The molecule has 0 bridgehead atoms. The molecule has 80 valence electrons. The van der Waals surface area contributed by atoms with Gasteiger partial charge in [-0.1, -0.05) is 13.8 Å². The second-order valence-corrected chi connectivity index (χ2v) is 4.55. The molecule has 0 aromatic carbocycles. The molecule has 0 amide bonds. The van der Waals surface area contributed by atoms with Crippen LogP contribution in [0.5, 0.6) is 0 Å². The van der Waals surface area contributed by atoms with Crippen LogP contribution in [0, 0.1) is 0 Å². The first kappa shape index (κ1) is 12.9. The maximum atomic E-state index is 6.10. The Morgan fingerprint density at radius 1 is 1.08 bits per heavy atom. The van der Waals surface area contributed by atoms with Crippen molar-refractivity contribution >= 4 is 0 Å². The van der Waals surface area contributed by atoms with Crippen molar-refractivity contribution in [3.63, 3.8) is 0 Å². The highest BCUT2D eigenvalue weighted by Gasteiger charge is 2.29. The number of likely N-dealkylation sites (N-methyl/N-ethyl adjacent to an activating group) is 1. The minimum atomic E-state index is -0.0335. The van der Waals surface area contributed by atoms with Crippen LogP contribution in [0.15, 0.2) is 0 Å². The quantitative estimate of drug-likeness (QED) is 0.690. The average molecular weight is 187 g/mol. The van der Waals surface area contributed by atoms with Gasteiger partial charge in [-0.05, 0) is 40.7 Å². The van der Waals surface area contributed by atoms with Gasteiger partial charge in [0, 0.05) is 6.54 Å². The highest BCUT2D eigenvalue weighted by molar-refractivity contribution is 4.80. The first-order valence-corrected chi connectivity index (χ1v) is 5.24. The Bertz CT molecular complexity index is 145. The molecule has 13 heavy (non-hydrogen) atoms. The lowest BCUT2D eigenvalue weighted by atomic mass is 9.99. The van der Waals surface area contributed by atoms with E-state index in [0.717, 1.165) is 19.4 Å². The average Bonchev–Trinajstić information content (AvgIpc) is 2.04. The van der Waals surface area contributed by atoms with Crippen LogP contribution in [0.1, 0.15) is 47.5 Å². The molecule has 0 aromatic heterocycles. The van der Waals surface area contributed by atoms with E-state index in [9.17, 15) is 0 Å². The topological polar surface area (TPSA) is 21.3 Å². The molecule has 0 rings (SSSR count). The summed E-state index contributed by atoms with van der Waals surface area (Å²) in [5, 5.41) is 3.18. The van der Waals surface area contributed by atoms with Crippen molar-refractivity contribution in [2.24, 2.45) is 0 Å². The Morgan fingerprint density at radius 3 is 1.92 bits per heavy atom.